The zero-order valence-corrected chi connectivity index (χ0v) is 19.4. The molecule has 0 spiro atoms. The van der Waals surface area contributed by atoms with Crippen molar-refractivity contribution in [2.45, 2.75) is 38.8 Å². The number of hydrogen-bond acceptors (Lipinski definition) is 3. The summed E-state index contributed by atoms with van der Waals surface area (Å²) < 4.78 is 2.82. The Balaban J connectivity index is 1.54. The Morgan fingerprint density at radius 2 is 1.81 bits per heavy atom. The van der Waals surface area contributed by atoms with E-state index in [0.29, 0.717) is 11.1 Å². The zero-order valence-electron chi connectivity index (χ0n) is 17.8. The molecule has 0 N–H and O–H groups in total. The van der Waals surface area contributed by atoms with Gasteiger partial charge in [0.05, 0.1) is 5.57 Å². The first kappa shape index (κ1) is 20.9. The van der Waals surface area contributed by atoms with Crippen LogP contribution in [-0.2, 0) is 11.3 Å². The van der Waals surface area contributed by atoms with Gasteiger partial charge >= 0.3 is 0 Å². The van der Waals surface area contributed by atoms with Gasteiger partial charge in [0.2, 0.25) is 5.91 Å². The molecule has 2 heterocycles. The Bertz CT molecular complexity index is 1270. The molecule has 1 aromatic heterocycles. The van der Waals surface area contributed by atoms with E-state index in [1.54, 1.807) is 30.3 Å². The Labute approximate surface area is 194 Å². The lowest BCUT2D eigenvalue weighted by atomic mass is 10.0. The number of Topliss-reactive ketones (excluding diaryl/α,β-unsaturated/α-hetero) is 2. The molecule has 1 aliphatic carbocycles. The molecular formula is C26H23BrN2O3. The molecule has 1 fully saturated rings. The fourth-order valence-electron chi connectivity index (χ4n) is 4.81. The number of piperidine rings is 1. The van der Waals surface area contributed by atoms with E-state index in [-0.39, 0.29) is 35.6 Å². The Morgan fingerprint density at radius 1 is 1.09 bits per heavy atom. The molecule has 0 saturated carbocycles. The fourth-order valence-corrected chi connectivity index (χ4v) is 5.17. The second-order valence-corrected chi connectivity index (χ2v) is 9.48. The number of nitrogens with zero attached hydrogens (tertiary/aromatic N) is 2. The summed E-state index contributed by atoms with van der Waals surface area (Å²) >= 11 is 3.52. The molecule has 0 bridgehead atoms. The summed E-state index contributed by atoms with van der Waals surface area (Å²) in [4.78, 5) is 40.8. The Kier molecular flexibility index (Phi) is 5.33. The van der Waals surface area contributed by atoms with Crippen molar-refractivity contribution >= 4 is 50.4 Å². The molecule has 1 saturated heterocycles. The summed E-state index contributed by atoms with van der Waals surface area (Å²) in [6, 6.07) is 13.0. The van der Waals surface area contributed by atoms with E-state index < -0.39 is 0 Å². The number of benzene rings is 2. The van der Waals surface area contributed by atoms with Crippen molar-refractivity contribution in [3.05, 3.63) is 75.4 Å². The fraction of sp³-hybridized carbons (Fsp3) is 0.269. The van der Waals surface area contributed by atoms with Gasteiger partial charge < -0.3 is 9.47 Å². The third kappa shape index (κ3) is 3.52. The molecule has 0 unspecified atom stereocenters. The highest BCUT2D eigenvalue weighted by atomic mass is 79.9. The van der Waals surface area contributed by atoms with Crippen molar-refractivity contribution in [2.24, 2.45) is 0 Å². The smallest absolute Gasteiger partial charge is 0.242 e. The van der Waals surface area contributed by atoms with Gasteiger partial charge in [-0.25, -0.2) is 0 Å². The number of fused-ring (bicyclic) bond motifs is 2. The quantitative estimate of drug-likeness (QED) is 0.371. The van der Waals surface area contributed by atoms with Crippen molar-refractivity contribution in [1.29, 1.82) is 0 Å². The van der Waals surface area contributed by atoms with E-state index in [9.17, 15) is 14.4 Å². The summed E-state index contributed by atoms with van der Waals surface area (Å²) in [5, 5.41) is 0.892. The van der Waals surface area contributed by atoms with Crippen molar-refractivity contribution in [2.75, 3.05) is 6.54 Å². The molecule has 162 valence electrons. The number of halogens is 1. The van der Waals surface area contributed by atoms with Gasteiger partial charge in [-0.05, 0) is 50.5 Å². The largest absolute Gasteiger partial charge is 0.338 e. The van der Waals surface area contributed by atoms with E-state index >= 15 is 0 Å². The lowest BCUT2D eigenvalue weighted by Crippen LogP contribution is -2.43. The lowest BCUT2D eigenvalue weighted by Gasteiger charge is -2.33. The van der Waals surface area contributed by atoms with Crippen LogP contribution in [0.1, 0.15) is 52.5 Å². The van der Waals surface area contributed by atoms with Crippen LogP contribution in [0.4, 0.5) is 0 Å². The predicted octanol–water partition coefficient (Wildman–Crippen LogP) is 5.27. The minimum Gasteiger partial charge on any atom is -0.338 e. The van der Waals surface area contributed by atoms with Gasteiger partial charge in [-0.3, -0.25) is 14.4 Å². The third-order valence-electron chi connectivity index (χ3n) is 6.51. The first-order valence-electron chi connectivity index (χ1n) is 10.9. The van der Waals surface area contributed by atoms with Gasteiger partial charge in [0, 0.05) is 50.8 Å². The minimum atomic E-state index is -0.250. The highest BCUT2D eigenvalue weighted by Crippen LogP contribution is 2.32. The number of aromatic nitrogens is 1. The molecule has 32 heavy (non-hydrogen) atoms. The highest BCUT2D eigenvalue weighted by molar-refractivity contribution is 9.10. The van der Waals surface area contributed by atoms with Crippen LogP contribution < -0.4 is 0 Å². The maximum Gasteiger partial charge on any atom is 0.242 e. The predicted molar refractivity (Wildman–Crippen MR) is 128 cm³/mol. The molecule has 1 atom stereocenters. The zero-order chi connectivity index (χ0) is 22.4. The SMILES string of the molecule is C[C@H]1CCCCN1C(=O)Cn1cc(C=C2C(=O)c3ccccc3C2=O)c2cc(Br)ccc21. The van der Waals surface area contributed by atoms with Crippen LogP contribution in [-0.4, -0.2) is 39.5 Å². The first-order valence-corrected chi connectivity index (χ1v) is 11.7. The van der Waals surface area contributed by atoms with E-state index in [0.717, 1.165) is 46.7 Å². The van der Waals surface area contributed by atoms with Crippen molar-refractivity contribution in [3.8, 4) is 0 Å². The summed E-state index contributed by atoms with van der Waals surface area (Å²) in [7, 11) is 0. The van der Waals surface area contributed by atoms with Gasteiger partial charge in [0.15, 0.2) is 11.6 Å². The van der Waals surface area contributed by atoms with Gasteiger partial charge in [-0.15, -0.1) is 0 Å². The van der Waals surface area contributed by atoms with Gasteiger partial charge in [0.25, 0.3) is 0 Å². The normalized spacial score (nSPS) is 18.4. The van der Waals surface area contributed by atoms with Crippen LogP contribution in [0.15, 0.2) is 58.7 Å². The topological polar surface area (TPSA) is 59.4 Å². The minimum absolute atomic E-state index is 0.0941. The third-order valence-corrected chi connectivity index (χ3v) is 7.00. The van der Waals surface area contributed by atoms with Crippen molar-refractivity contribution in [1.82, 2.24) is 9.47 Å². The summed E-state index contributed by atoms with van der Waals surface area (Å²) in [5.74, 6) is -0.406. The molecule has 2 aromatic carbocycles. The Hall–Kier alpha value is -2.99. The molecule has 0 radical (unpaired) electrons. The molecule has 5 nitrogen and oxygen atoms in total. The number of ketones is 2. The van der Waals surface area contributed by atoms with E-state index in [4.69, 9.17) is 0 Å². The molecule has 1 aliphatic heterocycles. The summed E-state index contributed by atoms with van der Waals surface area (Å²) in [5.41, 5.74) is 2.71. The van der Waals surface area contributed by atoms with E-state index in [2.05, 4.69) is 22.9 Å². The Morgan fingerprint density at radius 3 is 2.50 bits per heavy atom. The van der Waals surface area contributed by atoms with Gasteiger partial charge in [0.1, 0.15) is 6.54 Å². The molecule has 1 amide bonds. The van der Waals surface area contributed by atoms with E-state index in [1.807, 2.05) is 33.9 Å². The summed E-state index contributed by atoms with van der Waals surface area (Å²) in [6.07, 6.45) is 6.78. The van der Waals surface area contributed by atoms with Gasteiger partial charge in [-0.2, -0.15) is 0 Å². The molecule has 3 aromatic rings. The van der Waals surface area contributed by atoms with Crippen molar-refractivity contribution < 1.29 is 14.4 Å². The van der Waals surface area contributed by atoms with Crippen LogP contribution in [0.3, 0.4) is 0 Å². The van der Waals surface area contributed by atoms with Crippen LogP contribution in [0.2, 0.25) is 0 Å². The number of carbonyl (C=O) groups excluding carboxylic acids is 3. The van der Waals surface area contributed by atoms with Crippen LogP contribution >= 0.6 is 15.9 Å². The monoisotopic (exact) mass is 490 g/mol. The average molecular weight is 491 g/mol. The van der Waals surface area contributed by atoms with Crippen LogP contribution in [0, 0.1) is 0 Å². The second kappa shape index (κ2) is 8.17. The first-order chi connectivity index (χ1) is 15.4. The summed E-state index contributed by atoms with van der Waals surface area (Å²) in [6.45, 7) is 3.13. The number of rotatable bonds is 3. The molecular weight excluding hydrogens is 468 g/mol. The van der Waals surface area contributed by atoms with Gasteiger partial charge in [-0.1, -0.05) is 40.2 Å². The second-order valence-electron chi connectivity index (χ2n) is 8.57. The maximum atomic E-state index is 13.1. The van der Waals surface area contributed by atoms with Crippen molar-refractivity contribution in [3.63, 3.8) is 0 Å². The number of amides is 1. The van der Waals surface area contributed by atoms with Crippen LogP contribution in [0.5, 0.6) is 0 Å². The standard InChI is InChI=1S/C26H23BrN2O3/c1-16-6-4-5-11-29(16)24(30)15-28-14-17(21-13-18(27)9-10-23(21)28)12-22-25(31)19-7-2-3-8-20(19)26(22)32/h2-3,7-10,12-14,16H,4-6,11,15H2,1H3/t16-/m0/s1. The van der Waals surface area contributed by atoms with E-state index in [1.165, 1.54) is 0 Å². The molecule has 5 rings (SSSR count). The lowest BCUT2D eigenvalue weighted by molar-refractivity contribution is -0.135. The van der Waals surface area contributed by atoms with Crippen LogP contribution in [0.25, 0.3) is 17.0 Å². The number of allylic oxidation sites excluding steroid dienone is 1. The maximum absolute atomic E-state index is 13.1. The number of carbonyl (C=O) groups is 3. The highest BCUT2D eigenvalue weighted by Gasteiger charge is 2.33. The molecule has 6 heteroatoms. The molecule has 2 aliphatic rings. The number of likely N-dealkylation sites (tertiary alicyclic amines) is 1. The average Bonchev–Trinajstić information content (AvgIpc) is 3.24. The number of hydrogen-bond donors (Lipinski definition) is 0.